The lowest BCUT2D eigenvalue weighted by atomic mass is 10.0. The minimum absolute atomic E-state index is 0. The van der Waals surface area contributed by atoms with Gasteiger partial charge in [-0.3, -0.25) is 9.59 Å². The molecule has 0 aliphatic rings. The van der Waals surface area contributed by atoms with Gasteiger partial charge in [0, 0.05) is 42.2 Å². The van der Waals surface area contributed by atoms with Crippen LogP contribution >= 0.6 is 12.4 Å². The smallest absolute Gasteiger partial charge is 0.251 e. The highest BCUT2D eigenvalue weighted by Gasteiger charge is 2.10. The molecule has 2 rings (SSSR count). The molecule has 6 heteroatoms. The second-order valence-electron chi connectivity index (χ2n) is 5.01. The highest BCUT2D eigenvalue weighted by atomic mass is 35.5. The van der Waals surface area contributed by atoms with Crippen LogP contribution in [0.25, 0.3) is 0 Å². The van der Waals surface area contributed by atoms with Gasteiger partial charge in [0.1, 0.15) is 0 Å². The molecule has 0 atom stereocenters. The number of amides is 1. The molecular formula is C17H22ClN3O2. The van der Waals surface area contributed by atoms with E-state index in [1.54, 1.807) is 42.7 Å². The van der Waals surface area contributed by atoms with Gasteiger partial charge in [0.05, 0.1) is 0 Å². The van der Waals surface area contributed by atoms with Gasteiger partial charge in [0.25, 0.3) is 5.91 Å². The number of aromatic nitrogens is 1. The Morgan fingerprint density at radius 1 is 0.957 bits per heavy atom. The van der Waals surface area contributed by atoms with Gasteiger partial charge >= 0.3 is 0 Å². The van der Waals surface area contributed by atoms with Gasteiger partial charge in [0.15, 0.2) is 5.78 Å². The van der Waals surface area contributed by atoms with E-state index >= 15 is 0 Å². The lowest BCUT2D eigenvalue weighted by molar-refractivity contribution is 0.0952. The molecule has 1 heterocycles. The van der Waals surface area contributed by atoms with Crippen molar-refractivity contribution in [1.82, 2.24) is 15.6 Å². The number of nitrogens with one attached hydrogen (secondary N) is 3. The summed E-state index contributed by atoms with van der Waals surface area (Å²) in [6, 6.07) is 8.44. The molecule has 0 fully saturated rings. The third kappa shape index (κ3) is 5.54. The van der Waals surface area contributed by atoms with Crippen molar-refractivity contribution in [3.05, 3.63) is 59.4 Å². The van der Waals surface area contributed by atoms with Crippen molar-refractivity contribution in [3.8, 4) is 0 Å². The van der Waals surface area contributed by atoms with Crippen molar-refractivity contribution >= 4 is 24.1 Å². The summed E-state index contributed by atoms with van der Waals surface area (Å²) in [5, 5.41) is 6.06. The second kappa shape index (κ2) is 9.82. The average Bonchev–Trinajstić information content (AvgIpc) is 3.08. The number of carbonyl (C=O) groups is 2. The van der Waals surface area contributed by atoms with E-state index in [4.69, 9.17) is 0 Å². The zero-order chi connectivity index (χ0) is 15.8. The molecule has 0 aliphatic heterocycles. The van der Waals surface area contributed by atoms with Gasteiger partial charge in [-0.2, -0.15) is 0 Å². The molecule has 0 bridgehead atoms. The first-order chi connectivity index (χ1) is 10.7. The van der Waals surface area contributed by atoms with E-state index in [1.807, 2.05) is 0 Å². The molecule has 23 heavy (non-hydrogen) atoms. The molecule has 3 N–H and O–H groups in total. The summed E-state index contributed by atoms with van der Waals surface area (Å²) in [5.74, 6) is -0.184. The Hall–Kier alpha value is -2.11. The lowest BCUT2D eigenvalue weighted by Crippen LogP contribution is -2.32. The van der Waals surface area contributed by atoms with Crippen LogP contribution in [0.4, 0.5) is 0 Å². The maximum absolute atomic E-state index is 12.1. The number of halogens is 1. The molecule has 1 amide bonds. The van der Waals surface area contributed by atoms with Crippen LogP contribution in [-0.2, 0) is 0 Å². The highest BCUT2D eigenvalue weighted by molar-refractivity contribution is 6.09. The molecule has 0 radical (unpaired) electrons. The number of ketones is 1. The molecule has 5 nitrogen and oxygen atoms in total. The summed E-state index contributed by atoms with van der Waals surface area (Å²) in [5.41, 5.74) is 1.74. The lowest BCUT2D eigenvalue weighted by Gasteiger charge is -2.06. The van der Waals surface area contributed by atoms with Gasteiger partial charge < -0.3 is 15.6 Å². The van der Waals surface area contributed by atoms with Gasteiger partial charge in [-0.15, -0.1) is 12.4 Å². The Balaban J connectivity index is 0.00000264. The molecule has 0 unspecified atom stereocenters. The molecule has 0 saturated heterocycles. The van der Waals surface area contributed by atoms with Crippen LogP contribution in [-0.4, -0.2) is 36.3 Å². The van der Waals surface area contributed by atoms with E-state index in [-0.39, 0.29) is 24.1 Å². The first kappa shape index (κ1) is 18.9. The Labute approximate surface area is 142 Å². The Morgan fingerprint density at radius 2 is 1.65 bits per heavy atom. The monoisotopic (exact) mass is 335 g/mol. The maximum Gasteiger partial charge on any atom is 0.251 e. The van der Waals surface area contributed by atoms with E-state index < -0.39 is 0 Å². The summed E-state index contributed by atoms with van der Waals surface area (Å²) < 4.78 is 0. The van der Waals surface area contributed by atoms with Crippen molar-refractivity contribution in [2.45, 2.75) is 13.3 Å². The highest BCUT2D eigenvalue weighted by Crippen LogP contribution is 2.10. The molecule has 1 aromatic carbocycles. The average molecular weight is 336 g/mol. The number of aromatic amines is 1. The first-order valence-electron chi connectivity index (χ1n) is 7.49. The van der Waals surface area contributed by atoms with Gasteiger partial charge in [-0.25, -0.2) is 0 Å². The third-order valence-electron chi connectivity index (χ3n) is 3.28. The van der Waals surface area contributed by atoms with Crippen molar-refractivity contribution in [2.75, 3.05) is 19.6 Å². The van der Waals surface area contributed by atoms with Gasteiger partial charge in [0.2, 0.25) is 0 Å². The molecule has 0 aliphatic carbocycles. The topological polar surface area (TPSA) is 74.0 Å². The molecule has 1 aromatic heterocycles. The molecular weight excluding hydrogens is 314 g/mol. The van der Waals surface area contributed by atoms with Crippen LogP contribution in [0.1, 0.15) is 39.6 Å². The fourth-order valence-electron chi connectivity index (χ4n) is 2.07. The second-order valence-corrected chi connectivity index (χ2v) is 5.01. The van der Waals surface area contributed by atoms with Crippen LogP contribution < -0.4 is 10.6 Å². The van der Waals surface area contributed by atoms with Gasteiger partial charge in [-0.05, 0) is 31.2 Å². The number of benzene rings is 1. The minimum Gasteiger partial charge on any atom is -0.367 e. The zero-order valence-electron chi connectivity index (χ0n) is 13.1. The Kier molecular flexibility index (Phi) is 8.08. The van der Waals surface area contributed by atoms with E-state index in [0.29, 0.717) is 23.2 Å². The number of rotatable bonds is 8. The molecule has 2 aromatic rings. The number of carbonyl (C=O) groups excluding carboxylic acids is 2. The summed E-state index contributed by atoms with van der Waals surface area (Å²) in [6.07, 6.45) is 4.44. The largest absolute Gasteiger partial charge is 0.367 e. The van der Waals surface area contributed by atoms with E-state index in [2.05, 4.69) is 22.5 Å². The molecule has 0 spiro atoms. The van der Waals surface area contributed by atoms with Crippen LogP contribution in [0.3, 0.4) is 0 Å². The van der Waals surface area contributed by atoms with Gasteiger partial charge in [-0.1, -0.05) is 19.1 Å². The van der Waals surface area contributed by atoms with Crippen molar-refractivity contribution in [3.63, 3.8) is 0 Å². The molecule has 0 saturated carbocycles. The summed E-state index contributed by atoms with van der Waals surface area (Å²) in [6.45, 7) is 4.39. The van der Waals surface area contributed by atoms with Crippen molar-refractivity contribution in [1.29, 1.82) is 0 Å². The van der Waals surface area contributed by atoms with Crippen molar-refractivity contribution < 1.29 is 9.59 Å². The van der Waals surface area contributed by atoms with Crippen LogP contribution in [0.2, 0.25) is 0 Å². The summed E-state index contributed by atoms with van der Waals surface area (Å²) in [7, 11) is 0. The Morgan fingerprint density at radius 3 is 2.26 bits per heavy atom. The fraction of sp³-hybridized carbons (Fsp3) is 0.294. The predicted octanol–water partition coefficient (Wildman–Crippen LogP) is 2.40. The van der Waals surface area contributed by atoms with E-state index in [0.717, 1.165) is 19.5 Å². The first-order valence-corrected chi connectivity index (χ1v) is 7.49. The number of hydrogen-bond donors (Lipinski definition) is 3. The SMILES string of the molecule is CCCNCCNC(=O)c1ccc(C(=O)c2cc[nH]c2)cc1.Cl. The van der Waals surface area contributed by atoms with Crippen LogP contribution in [0.15, 0.2) is 42.7 Å². The third-order valence-corrected chi connectivity index (χ3v) is 3.28. The van der Waals surface area contributed by atoms with Crippen molar-refractivity contribution in [2.24, 2.45) is 0 Å². The number of hydrogen-bond acceptors (Lipinski definition) is 3. The number of H-pyrrole nitrogens is 1. The normalized spacial score (nSPS) is 9.96. The maximum atomic E-state index is 12.1. The zero-order valence-corrected chi connectivity index (χ0v) is 13.9. The summed E-state index contributed by atoms with van der Waals surface area (Å²) in [4.78, 5) is 26.9. The predicted molar refractivity (Wildman–Crippen MR) is 93.4 cm³/mol. The van der Waals surface area contributed by atoms with E-state index in [9.17, 15) is 9.59 Å². The van der Waals surface area contributed by atoms with E-state index in [1.165, 1.54) is 0 Å². The minimum atomic E-state index is -0.126. The fourth-order valence-corrected chi connectivity index (χ4v) is 2.07. The summed E-state index contributed by atoms with van der Waals surface area (Å²) >= 11 is 0. The van der Waals surface area contributed by atoms with Crippen LogP contribution in [0, 0.1) is 0 Å². The Bertz CT molecular complexity index is 609. The standard InChI is InChI=1S/C17H21N3O2.ClH/c1-2-8-18-10-11-20-17(22)14-5-3-13(4-6-14)16(21)15-7-9-19-12-15;/h3-7,9,12,18-19H,2,8,10-11H2,1H3,(H,20,22);1H. The van der Waals surface area contributed by atoms with Crippen LogP contribution in [0.5, 0.6) is 0 Å². The molecule has 124 valence electrons. The quantitative estimate of drug-likeness (QED) is 0.512.